The standard InChI is InChI=1S/C23H25ClF2N4O3/c1-12(13-3-4-13)28-21(31)17-10-27-20(24)18(14-7-15(25)9-16(26)8-14)19(17)30-6-5-23(2,11-30)29-22(32)33/h7-10,12-13,29H,3-6,11H2,1-2H3,(H,28,31)(H,32,33)/t12-,23?/m0/s1. The van der Waals surface area contributed by atoms with Crippen LogP contribution < -0.4 is 15.5 Å². The zero-order chi connectivity index (χ0) is 23.9. The van der Waals surface area contributed by atoms with E-state index < -0.39 is 23.3 Å². The minimum atomic E-state index is -1.16. The Morgan fingerprint density at radius 3 is 2.55 bits per heavy atom. The van der Waals surface area contributed by atoms with Gasteiger partial charge in [0.1, 0.15) is 16.8 Å². The first kappa shape index (κ1) is 23.2. The van der Waals surface area contributed by atoms with E-state index in [0.717, 1.165) is 31.0 Å². The highest BCUT2D eigenvalue weighted by Crippen LogP contribution is 2.42. The summed E-state index contributed by atoms with van der Waals surface area (Å²) in [6.45, 7) is 4.34. The highest BCUT2D eigenvalue weighted by molar-refractivity contribution is 6.33. The molecule has 33 heavy (non-hydrogen) atoms. The fraction of sp³-hybridized carbons (Fsp3) is 0.435. The molecule has 2 amide bonds. The van der Waals surface area contributed by atoms with Crippen LogP contribution >= 0.6 is 11.6 Å². The van der Waals surface area contributed by atoms with E-state index in [9.17, 15) is 23.5 Å². The molecule has 10 heteroatoms. The second kappa shape index (κ2) is 8.78. The number of carbonyl (C=O) groups excluding carboxylic acids is 1. The summed E-state index contributed by atoms with van der Waals surface area (Å²) in [5.41, 5.74) is 0.176. The van der Waals surface area contributed by atoms with Crippen LogP contribution in [0, 0.1) is 17.6 Å². The van der Waals surface area contributed by atoms with Crippen LogP contribution in [0.25, 0.3) is 11.1 Å². The number of hydrogen-bond acceptors (Lipinski definition) is 4. The van der Waals surface area contributed by atoms with Gasteiger partial charge in [0.2, 0.25) is 0 Å². The third-order valence-electron chi connectivity index (χ3n) is 6.29. The first-order valence-electron chi connectivity index (χ1n) is 10.8. The smallest absolute Gasteiger partial charge is 0.405 e. The van der Waals surface area contributed by atoms with Crippen LogP contribution in [0.2, 0.25) is 5.15 Å². The van der Waals surface area contributed by atoms with Gasteiger partial charge in [0.15, 0.2) is 0 Å². The number of hydrogen-bond donors (Lipinski definition) is 3. The van der Waals surface area contributed by atoms with Crippen molar-refractivity contribution in [1.29, 1.82) is 0 Å². The molecule has 1 unspecified atom stereocenters. The molecule has 1 saturated heterocycles. The van der Waals surface area contributed by atoms with Gasteiger partial charge in [-0.1, -0.05) is 11.6 Å². The summed E-state index contributed by atoms with van der Waals surface area (Å²) in [7, 11) is 0. The first-order chi connectivity index (χ1) is 15.6. The van der Waals surface area contributed by atoms with Crippen LogP contribution in [0.15, 0.2) is 24.4 Å². The molecule has 2 fully saturated rings. The van der Waals surface area contributed by atoms with Crippen LogP contribution in [0.1, 0.15) is 43.5 Å². The topological polar surface area (TPSA) is 94.6 Å². The van der Waals surface area contributed by atoms with Crippen LogP contribution in [-0.4, -0.2) is 46.8 Å². The molecule has 2 atom stereocenters. The fourth-order valence-electron chi connectivity index (χ4n) is 4.44. The Kier molecular flexibility index (Phi) is 6.18. The van der Waals surface area contributed by atoms with Gasteiger partial charge < -0.3 is 20.6 Å². The quantitative estimate of drug-likeness (QED) is 0.533. The van der Waals surface area contributed by atoms with E-state index in [1.165, 1.54) is 6.20 Å². The highest BCUT2D eigenvalue weighted by Gasteiger charge is 2.39. The number of rotatable bonds is 6. The second-order valence-corrected chi connectivity index (χ2v) is 9.46. The molecule has 0 radical (unpaired) electrons. The van der Waals surface area contributed by atoms with E-state index >= 15 is 0 Å². The Bertz CT molecular complexity index is 1090. The third-order valence-corrected chi connectivity index (χ3v) is 6.57. The lowest BCUT2D eigenvalue weighted by Gasteiger charge is -2.29. The predicted octanol–water partition coefficient (Wildman–Crippen LogP) is 4.44. The van der Waals surface area contributed by atoms with E-state index in [4.69, 9.17) is 11.6 Å². The van der Waals surface area contributed by atoms with Crippen molar-refractivity contribution in [2.24, 2.45) is 5.92 Å². The molecular formula is C23H25ClF2N4O3. The molecule has 7 nitrogen and oxygen atoms in total. The average Bonchev–Trinajstić information content (AvgIpc) is 3.49. The predicted molar refractivity (Wildman–Crippen MR) is 121 cm³/mol. The summed E-state index contributed by atoms with van der Waals surface area (Å²) < 4.78 is 28.2. The number of carboxylic acid groups (broad SMARTS) is 1. The monoisotopic (exact) mass is 478 g/mol. The molecule has 2 aliphatic rings. The van der Waals surface area contributed by atoms with Gasteiger partial charge in [-0.2, -0.15) is 0 Å². The summed E-state index contributed by atoms with van der Waals surface area (Å²) >= 11 is 6.42. The van der Waals surface area contributed by atoms with E-state index in [-0.39, 0.29) is 40.3 Å². The Morgan fingerprint density at radius 2 is 1.94 bits per heavy atom. The van der Waals surface area contributed by atoms with Crippen molar-refractivity contribution >= 4 is 29.3 Å². The zero-order valence-corrected chi connectivity index (χ0v) is 19.0. The van der Waals surface area contributed by atoms with Crippen molar-refractivity contribution in [2.75, 3.05) is 18.0 Å². The Hall–Kier alpha value is -2.94. The first-order valence-corrected chi connectivity index (χ1v) is 11.2. The number of carbonyl (C=O) groups is 2. The molecule has 0 spiro atoms. The van der Waals surface area contributed by atoms with Gasteiger partial charge in [-0.3, -0.25) is 4.79 Å². The number of amides is 2. The number of benzene rings is 1. The van der Waals surface area contributed by atoms with Gasteiger partial charge in [0.05, 0.1) is 16.8 Å². The number of aromatic nitrogens is 1. The van der Waals surface area contributed by atoms with Crippen molar-refractivity contribution in [3.05, 3.63) is 46.7 Å². The lowest BCUT2D eigenvalue weighted by molar-refractivity contribution is 0.0936. The number of anilines is 1. The Morgan fingerprint density at radius 1 is 1.27 bits per heavy atom. The molecule has 1 aromatic heterocycles. The maximum Gasteiger partial charge on any atom is 0.405 e. The molecule has 4 rings (SSSR count). The molecular weight excluding hydrogens is 454 g/mol. The van der Waals surface area contributed by atoms with Gasteiger partial charge in [-0.25, -0.2) is 18.6 Å². The molecule has 1 aromatic carbocycles. The number of halogens is 3. The van der Waals surface area contributed by atoms with E-state index in [0.29, 0.717) is 24.6 Å². The van der Waals surface area contributed by atoms with Crippen LogP contribution in [0.5, 0.6) is 0 Å². The summed E-state index contributed by atoms with van der Waals surface area (Å²) in [6.07, 6.45) is 2.76. The van der Waals surface area contributed by atoms with Gasteiger partial charge in [0.25, 0.3) is 5.91 Å². The Balaban J connectivity index is 1.82. The highest BCUT2D eigenvalue weighted by atomic mass is 35.5. The average molecular weight is 479 g/mol. The third kappa shape index (κ3) is 5.03. The van der Waals surface area contributed by atoms with Crippen LogP contribution in [0.3, 0.4) is 0 Å². The summed E-state index contributed by atoms with van der Waals surface area (Å²) in [6, 6.07) is 2.99. The normalized spacial score (nSPS) is 21.1. The zero-order valence-electron chi connectivity index (χ0n) is 18.3. The van der Waals surface area contributed by atoms with Gasteiger partial charge in [0, 0.05) is 37.0 Å². The molecule has 0 bridgehead atoms. The lowest BCUT2D eigenvalue weighted by Crippen LogP contribution is -2.47. The van der Waals surface area contributed by atoms with Crippen LogP contribution in [0.4, 0.5) is 19.3 Å². The minimum Gasteiger partial charge on any atom is -0.465 e. The van der Waals surface area contributed by atoms with E-state index in [2.05, 4.69) is 15.6 Å². The molecule has 1 aliphatic heterocycles. The number of pyridine rings is 1. The summed E-state index contributed by atoms with van der Waals surface area (Å²) in [5.74, 6) is -1.53. The molecule has 1 saturated carbocycles. The molecule has 3 N–H and O–H groups in total. The number of nitrogens with zero attached hydrogens (tertiary/aromatic N) is 2. The van der Waals surface area contributed by atoms with Crippen molar-refractivity contribution in [2.45, 2.75) is 44.7 Å². The summed E-state index contributed by atoms with van der Waals surface area (Å²) in [5, 5.41) is 14.7. The summed E-state index contributed by atoms with van der Waals surface area (Å²) in [4.78, 5) is 30.5. The molecule has 176 valence electrons. The molecule has 1 aliphatic carbocycles. The SMILES string of the molecule is C[C@H](NC(=O)c1cnc(Cl)c(-c2cc(F)cc(F)c2)c1N1CCC(C)(NC(=O)O)C1)C1CC1. The lowest BCUT2D eigenvalue weighted by atomic mass is 10.00. The van der Waals surface area contributed by atoms with Crippen molar-refractivity contribution in [1.82, 2.24) is 15.6 Å². The Labute approximate surface area is 195 Å². The second-order valence-electron chi connectivity index (χ2n) is 9.11. The molecule has 2 aromatic rings. The molecule has 2 heterocycles. The minimum absolute atomic E-state index is 0.0124. The fourth-order valence-corrected chi connectivity index (χ4v) is 4.69. The van der Waals surface area contributed by atoms with E-state index in [1.807, 2.05) is 11.8 Å². The van der Waals surface area contributed by atoms with Crippen molar-refractivity contribution < 1.29 is 23.5 Å². The largest absolute Gasteiger partial charge is 0.465 e. The van der Waals surface area contributed by atoms with Gasteiger partial charge in [-0.15, -0.1) is 0 Å². The van der Waals surface area contributed by atoms with Gasteiger partial charge >= 0.3 is 6.09 Å². The maximum atomic E-state index is 14.1. The number of nitrogens with one attached hydrogen (secondary N) is 2. The van der Waals surface area contributed by atoms with Crippen molar-refractivity contribution in [3.63, 3.8) is 0 Å². The maximum absolute atomic E-state index is 14.1. The van der Waals surface area contributed by atoms with Gasteiger partial charge in [-0.05, 0) is 56.7 Å². The van der Waals surface area contributed by atoms with E-state index in [1.54, 1.807) is 6.92 Å². The van der Waals surface area contributed by atoms with Crippen LogP contribution in [-0.2, 0) is 0 Å². The van der Waals surface area contributed by atoms with Crippen molar-refractivity contribution in [3.8, 4) is 11.1 Å².